The van der Waals surface area contributed by atoms with Gasteiger partial charge in [-0.2, -0.15) is 0 Å². The molecule has 0 aliphatic heterocycles. The molecule has 0 heterocycles. The summed E-state index contributed by atoms with van der Waals surface area (Å²) in [4.78, 5) is 14.1. The van der Waals surface area contributed by atoms with Gasteiger partial charge in [0.25, 0.3) is 0 Å². The van der Waals surface area contributed by atoms with Crippen molar-refractivity contribution < 1.29 is 13.2 Å². The average molecular weight is 392 g/mol. The maximum Gasteiger partial charge on any atom is 0.240 e. The summed E-state index contributed by atoms with van der Waals surface area (Å²) in [5.74, 6) is 0.471. The van der Waals surface area contributed by atoms with Gasteiger partial charge in [-0.3, -0.25) is 4.79 Å². The standard InChI is InChI=1S/C17H29N3O3S.ClH/c1-13(2)16(18)11-12-20(4)17(21)10-7-14-5-8-15(9-6-14)24(22,23)19-3;/h5-6,8-9,13,16,19H,7,10-12,18H2,1-4H3;1H. The highest BCUT2D eigenvalue weighted by Gasteiger charge is 2.14. The second-order valence-corrected chi connectivity index (χ2v) is 8.25. The van der Waals surface area contributed by atoms with Gasteiger partial charge in [0.2, 0.25) is 15.9 Å². The molecule has 1 unspecified atom stereocenters. The monoisotopic (exact) mass is 391 g/mol. The summed E-state index contributed by atoms with van der Waals surface area (Å²) in [6.07, 6.45) is 1.77. The molecule has 1 amide bonds. The van der Waals surface area contributed by atoms with E-state index in [9.17, 15) is 13.2 Å². The highest BCUT2D eigenvalue weighted by atomic mass is 35.5. The van der Waals surface area contributed by atoms with E-state index in [4.69, 9.17) is 5.73 Å². The van der Waals surface area contributed by atoms with Crippen LogP contribution in [0.25, 0.3) is 0 Å². The molecule has 0 aliphatic rings. The number of rotatable bonds is 9. The molecule has 0 radical (unpaired) electrons. The number of halogens is 1. The van der Waals surface area contributed by atoms with Crippen molar-refractivity contribution in [3.63, 3.8) is 0 Å². The minimum atomic E-state index is -3.42. The molecule has 1 aromatic rings. The SMILES string of the molecule is CNS(=O)(=O)c1ccc(CCC(=O)N(C)CCC(N)C(C)C)cc1.Cl. The van der Waals surface area contributed by atoms with Gasteiger partial charge < -0.3 is 10.6 Å². The molecule has 0 fully saturated rings. The second kappa shape index (κ2) is 10.8. The lowest BCUT2D eigenvalue weighted by atomic mass is 10.0. The van der Waals surface area contributed by atoms with E-state index in [2.05, 4.69) is 18.6 Å². The zero-order valence-electron chi connectivity index (χ0n) is 15.4. The summed E-state index contributed by atoms with van der Waals surface area (Å²) >= 11 is 0. The van der Waals surface area contributed by atoms with Gasteiger partial charge >= 0.3 is 0 Å². The van der Waals surface area contributed by atoms with Gasteiger partial charge in [0.05, 0.1) is 4.90 Å². The van der Waals surface area contributed by atoms with Crippen LogP contribution in [0.1, 0.15) is 32.3 Å². The van der Waals surface area contributed by atoms with Crippen LogP contribution < -0.4 is 10.5 Å². The van der Waals surface area contributed by atoms with Gasteiger partial charge in [-0.25, -0.2) is 13.1 Å². The highest BCUT2D eigenvalue weighted by molar-refractivity contribution is 7.89. The Kier molecular flexibility index (Phi) is 10.3. The molecule has 1 atom stereocenters. The van der Waals surface area contributed by atoms with Crippen LogP contribution >= 0.6 is 12.4 Å². The number of hydrogen-bond donors (Lipinski definition) is 2. The molecular weight excluding hydrogens is 362 g/mol. The van der Waals surface area contributed by atoms with Crippen molar-refractivity contribution >= 4 is 28.3 Å². The lowest BCUT2D eigenvalue weighted by Gasteiger charge is -2.21. The van der Waals surface area contributed by atoms with Crippen LogP contribution in [0.4, 0.5) is 0 Å². The van der Waals surface area contributed by atoms with Crippen molar-refractivity contribution in [1.29, 1.82) is 0 Å². The van der Waals surface area contributed by atoms with Crippen LogP contribution in [-0.4, -0.2) is 45.9 Å². The van der Waals surface area contributed by atoms with Gasteiger partial charge in [0.1, 0.15) is 0 Å². The number of sulfonamides is 1. The first kappa shape index (κ1) is 23.9. The van der Waals surface area contributed by atoms with Crippen LogP contribution in [-0.2, 0) is 21.2 Å². The van der Waals surface area contributed by atoms with E-state index in [1.807, 2.05) is 0 Å². The van der Waals surface area contributed by atoms with E-state index >= 15 is 0 Å². The first-order chi connectivity index (χ1) is 11.2. The molecule has 25 heavy (non-hydrogen) atoms. The molecule has 1 aromatic carbocycles. The van der Waals surface area contributed by atoms with E-state index < -0.39 is 10.0 Å². The van der Waals surface area contributed by atoms with Crippen molar-refractivity contribution in [2.45, 2.75) is 44.0 Å². The predicted octanol–water partition coefficient (Wildman–Crippen LogP) is 1.78. The summed E-state index contributed by atoms with van der Waals surface area (Å²) in [5, 5.41) is 0. The Balaban J connectivity index is 0.00000576. The van der Waals surface area contributed by atoms with Crippen LogP contribution in [0.15, 0.2) is 29.2 Å². The second-order valence-electron chi connectivity index (χ2n) is 6.36. The van der Waals surface area contributed by atoms with Crippen LogP contribution in [0.2, 0.25) is 0 Å². The fraction of sp³-hybridized carbons (Fsp3) is 0.588. The largest absolute Gasteiger partial charge is 0.346 e. The summed E-state index contributed by atoms with van der Waals surface area (Å²) in [5.41, 5.74) is 6.93. The van der Waals surface area contributed by atoms with Crippen molar-refractivity contribution in [2.24, 2.45) is 11.7 Å². The summed E-state index contributed by atoms with van der Waals surface area (Å²) < 4.78 is 25.6. The Morgan fingerprint density at radius 3 is 2.28 bits per heavy atom. The van der Waals surface area contributed by atoms with Gasteiger partial charge in [0.15, 0.2) is 0 Å². The number of amides is 1. The van der Waals surface area contributed by atoms with E-state index in [1.54, 1.807) is 36.2 Å². The van der Waals surface area contributed by atoms with Crippen molar-refractivity contribution in [1.82, 2.24) is 9.62 Å². The lowest BCUT2D eigenvalue weighted by Crippen LogP contribution is -2.34. The molecule has 0 spiro atoms. The maximum atomic E-state index is 12.2. The van der Waals surface area contributed by atoms with Gasteiger partial charge in [-0.05, 0) is 43.5 Å². The third kappa shape index (κ3) is 7.73. The van der Waals surface area contributed by atoms with E-state index in [0.717, 1.165) is 12.0 Å². The van der Waals surface area contributed by atoms with Crippen molar-refractivity contribution in [2.75, 3.05) is 20.6 Å². The predicted molar refractivity (Wildman–Crippen MR) is 103 cm³/mol. The molecule has 0 aliphatic carbocycles. The molecule has 3 N–H and O–H groups in total. The number of aryl methyl sites for hydroxylation is 1. The molecular formula is C17H30ClN3O3S. The number of nitrogens with one attached hydrogen (secondary N) is 1. The zero-order chi connectivity index (χ0) is 18.3. The number of carbonyl (C=O) groups excluding carboxylic acids is 1. The number of nitrogens with zero attached hydrogens (tertiary/aromatic N) is 1. The van der Waals surface area contributed by atoms with Gasteiger partial charge in [-0.1, -0.05) is 26.0 Å². The molecule has 0 saturated carbocycles. The Morgan fingerprint density at radius 1 is 1.24 bits per heavy atom. The lowest BCUT2D eigenvalue weighted by molar-refractivity contribution is -0.129. The summed E-state index contributed by atoms with van der Waals surface area (Å²) in [6, 6.07) is 6.69. The zero-order valence-corrected chi connectivity index (χ0v) is 17.0. The van der Waals surface area contributed by atoms with Crippen LogP contribution in [0.5, 0.6) is 0 Å². The number of benzene rings is 1. The topological polar surface area (TPSA) is 92.5 Å². The Morgan fingerprint density at radius 2 is 1.80 bits per heavy atom. The first-order valence-electron chi connectivity index (χ1n) is 8.19. The average Bonchev–Trinajstić information content (AvgIpc) is 2.57. The Labute approximate surface area is 157 Å². The smallest absolute Gasteiger partial charge is 0.240 e. The molecule has 0 saturated heterocycles. The summed E-state index contributed by atoms with van der Waals surface area (Å²) in [6.45, 7) is 4.80. The number of hydrogen-bond acceptors (Lipinski definition) is 4. The quantitative estimate of drug-likeness (QED) is 0.671. The number of carbonyl (C=O) groups is 1. The third-order valence-corrected chi connectivity index (χ3v) is 5.64. The maximum absolute atomic E-state index is 12.2. The normalized spacial score (nSPS) is 12.6. The Hall–Kier alpha value is -1.15. The van der Waals surface area contributed by atoms with Crippen molar-refractivity contribution in [3.05, 3.63) is 29.8 Å². The van der Waals surface area contributed by atoms with Crippen LogP contribution in [0.3, 0.4) is 0 Å². The van der Waals surface area contributed by atoms with E-state index in [-0.39, 0.29) is 29.3 Å². The van der Waals surface area contributed by atoms with Gasteiger partial charge in [-0.15, -0.1) is 12.4 Å². The Bertz CT molecular complexity index is 633. The van der Waals surface area contributed by atoms with Crippen molar-refractivity contribution in [3.8, 4) is 0 Å². The highest BCUT2D eigenvalue weighted by Crippen LogP contribution is 2.12. The molecule has 6 nitrogen and oxygen atoms in total. The van der Waals surface area contributed by atoms with Gasteiger partial charge in [0, 0.05) is 26.1 Å². The van der Waals surface area contributed by atoms with E-state index in [0.29, 0.717) is 25.3 Å². The van der Waals surface area contributed by atoms with E-state index in [1.165, 1.54) is 7.05 Å². The molecule has 0 bridgehead atoms. The fourth-order valence-electron chi connectivity index (χ4n) is 2.20. The minimum absolute atomic E-state index is 0. The summed E-state index contributed by atoms with van der Waals surface area (Å²) in [7, 11) is -0.252. The molecule has 8 heteroatoms. The third-order valence-electron chi connectivity index (χ3n) is 4.21. The fourth-order valence-corrected chi connectivity index (χ4v) is 2.93. The molecule has 1 rings (SSSR count). The first-order valence-corrected chi connectivity index (χ1v) is 9.67. The molecule has 0 aromatic heterocycles. The minimum Gasteiger partial charge on any atom is -0.346 e. The molecule has 144 valence electrons. The number of nitrogens with two attached hydrogens (primary N) is 1. The van der Waals surface area contributed by atoms with Crippen LogP contribution in [0, 0.1) is 5.92 Å².